The highest BCUT2D eigenvalue weighted by Gasteiger charge is 2.12. The van der Waals surface area contributed by atoms with Crippen LogP contribution in [0.25, 0.3) is 0 Å². The zero-order chi connectivity index (χ0) is 12.1. The number of hydrogen-bond acceptors (Lipinski definition) is 2. The molecule has 0 bridgehead atoms. The first-order valence-electron chi connectivity index (χ1n) is 5.43. The fourth-order valence-electron chi connectivity index (χ4n) is 1.70. The van der Waals surface area contributed by atoms with E-state index >= 15 is 0 Å². The molecule has 0 fully saturated rings. The van der Waals surface area contributed by atoms with E-state index in [0.717, 1.165) is 28.8 Å². The maximum Gasteiger partial charge on any atom is 0.0782 e. The van der Waals surface area contributed by atoms with Crippen LogP contribution in [0.2, 0.25) is 0 Å². The molecule has 1 atom stereocenters. The number of rotatable bonds is 5. The van der Waals surface area contributed by atoms with Crippen LogP contribution in [0.1, 0.15) is 25.5 Å². The van der Waals surface area contributed by atoms with Crippen molar-refractivity contribution in [1.82, 2.24) is 0 Å². The zero-order valence-corrected chi connectivity index (χ0v) is 11.4. The van der Waals surface area contributed by atoms with Gasteiger partial charge in [0.05, 0.1) is 6.10 Å². The first-order chi connectivity index (χ1) is 7.60. The number of nitrogens with zero attached hydrogens (tertiary/aromatic N) is 1. The fourth-order valence-corrected chi connectivity index (χ4v) is 2.08. The molecular weight excluding hydrogens is 266 g/mol. The predicted octanol–water partition coefficient (Wildman–Crippen LogP) is 3.51. The molecule has 0 radical (unpaired) electrons. The molecule has 2 nitrogen and oxygen atoms in total. The van der Waals surface area contributed by atoms with Gasteiger partial charge in [0, 0.05) is 28.8 Å². The lowest BCUT2D eigenvalue weighted by Gasteiger charge is -2.25. The van der Waals surface area contributed by atoms with Gasteiger partial charge in [0.2, 0.25) is 0 Å². The Hall–Kier alpha value is -0.800. The molecule has 1 N–H and O–H groups in total. The molecule has 0 heterocycles. The van der Waals surface area contributed by atoms with Crippen molar-refractivity contribution in [3.05, 3.63) is 40.9 Å². The quantitative estimate of drug-likeness (QED) is 0.836. The Morgan fingerprint density at radius 3 is 2.75 bits per heavy atom. The SMILES string of the molecule is C=CCN(CC)c1ccc(Br)cc1C(C)O. The number of anilines is 1. The van der Waals surface area contributed by atoms with Crippen molar-refractivity contribution < 1.29 is 5.11 Å². The molecule has 0 aliphatic rings. The number of halogens is 1. The summed E-state index contributed by atoms with van der Waals surface area (Å²) in [6.45, 7) is 9.32. The van der Waals surface area contributed by atoms with Crippen LogP contribution in [0, 0.1) is 0 Å². The first kappa shape index (κ1) is 13.3. The topological polar surface area (TPSA) is 23.5 Å². The molecular formula is C13H18BrNO. The van der Waals surface area contributed by atoms with Crippen LogP contribution in [0.3, 0.4) is 0 Å². The second-order valence-corrected chi connectivity index (χ2v) is 4.62. The molecule has 0 amide bonds. The summed E-state index contributed by atoms with van der Waals surface area (Å²) in [7, 11) is 0. The Balaban J connectivity index is 3.14. The lowest BCUT2D eigenvalue weighted by molar-refractivity contribution is 0.199. The van der Waals surface area contributed by atoms with Gasteiger partial charge in [-0.05, 0) is 32.0 Å². The molecule has 0 aromatic heterocycles. The summed E-state index contributed by atoms with van der Waals surface area (Å²) in [5.41, 5.74) is 2.01. The Morgan fingerprint density at radius 1 is 1.56 bits per heavy atom. The Kier molecular flexibility index (Phi) is 5.03. The maximum absolute atomic E-state index is 9.77. The number of hydrogen-bond donors (Lipinski definition) is 1. The van der Waals surface area contributed by atoms with Crippen molar-refractivity contribution in [3.63, 3.8) is 0 Å². The van der Waals surface area contributed by atoms with Crippen LogP contribution in [-0.2, 0) is 0 Å². The highest BCUT2D eigenvalue weighted by molar-refractivity contribution is 9.10. The van der Waals surface area contributed by atoms with E-state index in [1.54, 1.807) is 6.92 Å². The molecule has 0 saturated carbocycles. The third-order valence-corrected chi connectivity index (χ3v) is 3.00. The molecule has 1 aromatic carbocycles. The molecule has 0 aliphatic heterocycles. The summed E-state index contributed by atoms with van der Waals surface area (Å²) in [5, 5.41) is 9.77. The minimum Gasteiger partial charge on any atom is -0.389 e. The summed E-state index contributed by atoms with van der Waals surface area (Å²) in [4.78, 5) is 2.18. The van der Waals surface area contributed by atoms with Crippen molar-refractivity contribution in [2.45, 2.75) is 20.0 Å². The molecule has 3 heteroatoms. The van der Waals surface area contributed by atoms with Crippen molar-refractivity contribution in [2.24, 2.45) is 0 Å². The van der Waals surface area contributed by atoms with Gasteiger partial charge in [-0.3, -0.25) is 0 Å². The van der Waals surface area contributed by atoms with Gasteiger partial charge < -0.3 is 10.0 Å². The molecule has 1 unspecified atom stereocenters. The number of likely N-dealkylation sites (N-methyl/N-ethyl adjacent to an activating group) is 1. The number of aliphatic hydroxyl groups excluding tert-OH is 1. The van der Waals surface area contributed by atoms with Gasteiger partial charge in [0.15, 0.2) is 0 Å². The maximum atomic E-state index is 9.77. The average Bonchev–Trinajstić information content (AvgIpc) is 2.26. The van der Waals surface area contributed by atoms with E-state index in [9.17, 15) is 5.11 Å². The van der Waals surface area contributed by atoms with Crippen LogP contribution in [0.4, 0.5) is 5.69 Å². The Labute approximate surface area is 106 Å². The van der Waals surface area contributed by atoms with Crippen LogP contribution in [0.5, 0.6) is 0 Å². The van der Waals surface area contributed by atoms with E-state index < -0.39 is 6.10 Å². The van der Waals surface area contributed by atoms with E-state index in [0.29, 0.717) is 0 Å². The molecule has 0 aliphatic carbocycles. The highest BCUT2D eigenvalue weighted by Crippen LogP contribution is 2.29. The Morgan fingerprint density at radius 2 is 2.25 bits per heavy atom. The molecule has 88 valence electrons. The third kappa shape index (κ3) is 3.09. The normalized spacial score (nSPS) is 12.2. The lowest BCUT2D eigenvalue weighted by atomic mass is 10.1. The van der Waals surface area contributed by atoms with Crippen molar-refractivity contribution in [1.29, 1.82) is 0 Å². The van der Waals surface area contributed by atoms with E-state index in [1.165, 1.54) is 0 Å². The minimum atomic E-state index is -0.466. The molecule has 1 aromatic rings. The summed E-state index contributed by atoms with van der Waals surface area (Å²) in [5.74, 6) is 0. The van der Waals surface area contributed by atoms with Crippen LogP contribution in [0.15, 0.2) is 35.3 Å². The van der Waals surface area contributed by atoms with Crippen molar-refractivity contribution >= 4 is 21.6 Å². The van der Waals surface area contributed by atoms with Crippen molar-refractivity contribution in [3.8, 4) is 0 Å². The number of aliphatic hydroxyl groups is 1. The molecule has 0 saturated heterocycles. The van der Waals surface area contributed by atoms with Crippen LogP contribution >= 0.6 is 15.9 Å². The number of benzene rings is 1. The Bertz CT molecular complexity index is 363. The van der Waals surface area contributed by atoms with Crippen LogP contribution < -0.4 is 4.90 Å². The standard InChI is InChI=1S/C13H18BrNO/c1-4-8-15(5-2)13-7-6-11(14)9-12(13)10(3)16/h4,6-7,9-10,16H,1,5,8H2,2-3H3. The second kappa shape index (κ2) is 6.06. The predicted molar refractivity (Wildman–Crippen MR) is 72.9 cm³/mol. The van der Waals surface area contributed by atoms with Gasteiger partial charge >= 0.3 is 0 Å². The van der Waals surface area contributed by atoms with Crippen molar-refractivity contribution in [2.75, 3.05) is 18.0 Å². The second-order valence-electron chi connectivity index (χ2n) is 3.71. The monoisotopic (exact) mass is 283 g/mol. The first-order valence-corrected chi connectivity index (χ1v) is 6.22. The van der Waals surface area contributed by atoms with Gasteiger partial charge in [-0.15, -0.1) is 6.58 Å². The van der Waals surface area contributed by atoms with Gasteiger partial charge in [0.1, 0.15) is 0 Å². The molecule has 1 rings (SSSR count). The fraction of sp³-hybridized carbons (Fsp3) is 0.385. The van der Waals surface area contributed by atoms with E-state index in [1.807, 2.05) is 24.3 Å². The van der Waals surface area contributed by atoms with Gasteiger partial charge in [-0.1, -0.05) is 22.0 Å². The molecule has 0 spiro atoms. The van der Waals surface area contributed by atoms with E-state index in [-0.39, 0.29) is 0 Å². The third-order valence-electron chi connectivity index (χ3n) is 2.51. The summed E-state index contributed by atoms with van der Waals surface area (Å²) >= 11 is 3.42. The smallest absolute Gasteiger partial charge is 0.0782 e. The van der Waals surface area contributed by atoms with E-state index in [2.05, 4.69) is 34.3 Å². The van der Waals surface area contributed by atoms with Gasteiger partial charge in [0.25, 0.3) is 0 Å². The van der Waals surface area contributed by atoms with Gasteiger partial charge in [-0.25, -0.2) is 0 Å². The van der Waals surface area contributed by atoms with E-state index in [4.69, 9.17) is 0 Å². The summed E-state index contributed by atoms with van der Waals surface area (Å²) in [6.07, 6.45) is 1.41. The molecule has 16 heavy (non-hydrogen) atoms. The largest absolute Gasteiger partial charge is 0.389 e. The highest BCUT2D eigenvalue weighted by atomic mass is 79.9. The average molecular weight is 284 g/mol. The van der Waals surface area contributed by atoms with Crippen LogP contribution in [-0.4, -0.2) is 18.2 Å². The summed E-state index contributed by atoms with van der Waals surface area (Å²) in [6, 6.07) is 5.98. The van der Waals surface area contributed by atoms with Gasteiger partial charge in [-0.2, -0.15) is 0 Å². The summed E-state index contributed by atoms with van der Waals surface area (Å²) < 4.78 is 0.988. The lowest BCUT2D eigenvalue weighted by Crippen LogP contribution is -2.24. The minimum absolute atomic E-state index is 0.466. The zero-order valence-electron chi connectivity index (χ0n) is 9.78.